The summed E-state index contributed by atoms with van der Waals surface area (Å²) in [6, 6.07) is 21.3. The molecular weight excluding hydrogens is 554 g/mol. The summed E-state index contributed by atoms with van der Waals surface area (Å²) in [7, 11) is 0. The first-order valence-corrected chi connectivity index (χ1v) is 15.3. The van der Waals surface area contributed by atoms with Gasteiger partial charge in [-0.15, -0.1) is 10.2 Å². The van der Waals surface area contributed by atoms with E-state index < -0.39 is 0 Å². The average Bonchev–Trinajstić information content (AvgIpc) is 3.30. The molecule has 5 aromatic rings. The Morgan fingerprint density at radius 2 is 1.55 bits per heavy atom. The van der Waals surface area contributed by atoms with Crippen LogP contribution in [0, 0.1) is 11.6 Å². The molecule has 0 bridgehead atoms. The van der Waals surface area contributed by atoms with E-state index in [2.05, 4.69) is 39.4 Å². The van der Waals surface area contributed by atoms with Gasteiger partial charge in [-0.05, 0) is 54.3 Å². The highest BCUT2D eigenvalue weighted by Gasteiger charge is 2.21. The Bertz CT molecular complexity index is 1670. The third-order valence-corrected chi connectivity index (χ3v) is 8.58. The maximum absolute atomic E-state index is 14.1. The van der Waals surface area contributed by atoms with Crippen LogP contribution in [-0.4, -0.2) is 67.4 Å². The molecule has 0 atom stereocenters. The van der Waals surface area contributed by atoms with E-state index in [1.165, 1.54) is 41.6 Å². The first-order valence-electron chi connectivity index (χ1n) is 14.3. The number of halogens is 2. The number of aromatic nitrogens is 4. The molecule has 216 valence electrons. The number of rotatable bonds is 10. The van der Waals surface area contributed by atoms with Gasteiger partial charge < -0.3 is 9.47 Å². The number of hydrogen-bond acceptors (Lipinski definition) is 6. The van der Waals surface area contributed by atoms with Crippen LogP contribution in [0.2, 0.25) is 0 Å². The van der Waals surface area contributed by atoms with E-state index in [1.54, 1.807) is 18.2 Å². The normalized spacial score (nSPS) is 14.2. The molecule has 1 saturated heterocycles. The Morgan fingerprint density at radius 1 is 0.810 bits per heavy atom. The maximum Gasteiger partial charge on any atom is 0.222 e. The second-order valence-electron chi connectivity index (χ2n) is 10.6. The Hall–Kier alpha value is -3.89. The molecule has 1 amide bonds. The van der Waals surface area contributed by atoms with Crippen molar-refractivity contribution in [3.8, 4) is 0 Å². The lowest BCUT2D eigenvalue weighted by Gasteiger charge is -2.34. The minimum absolute atomic E-state index is 0.219. The molecule has 7 nitrogen and oxygen atoms in total. The van der Waals surface area contributed by atoms with Crippen molar-refractivity contribution in [3.05, 3.63) is 95.6 Å². The molecule has 0 spiro atoms. The van der Waals surface area contributed by atoms with Crippen molar-refractivity contribution in [3.63, 3.8) is 0 Å². The zero-order chi connectivity index (χ0) is 28.9. The number of benzene rings is 3. The van der Waals surface area contributed by atoms with Crippen LogP contribution in [0.15, 0.2) is 78.0 Å². The van der Waals surface area contributed by atoms with Crippen molar-refractivity contribution >= 4 is 39.7 Å². The Kier molecular flexibility index (Phi) is 8.71. The third-order valence-electron chi connectivity index (χ3n) is 7.65. The number of unbranched alkanes of at least 4 members (excludes halogenated alkanes) is 1. The molecule has 2 aromatic heterocycles. The van der Waals surface area contributed by atoms with Crippen LogP contribution in [0.25, 0.3) is 22.1 Å². The summed E-state index contributed by atoms with van der Waals surface area (Å²) in [4.78, 5) is 21.9. The Morgan fingerprint density at radius 3 is 2.33 bits per heavy atom. The van der Waals surface area contributed by atoms with Crippen LogP contribution < -0.4 is 0 Å². The van der Waals surface area contributed by atoms with Crippen molar-refractivity contribution in [2.45, 2.75) is 37.5 Å². The van der Waals surface area contributed by atoms with Gasteiger partial charge in [0, 0.05) is 56.8 Å². The van der Waals surface area contributed by atoms with Crippen molar-refractivity contribution in [2.24, 2.45) is 0 Å². The largest absolute Gasteiger partial charge is 0.340 e. The summed E-state index contributed by atoms with van der Waals surface area (Å²) in [5, 5.41) is 9.88. The number of fused-ring (bicyclic) bond motifs is 3. The second kappa shape index (κ2) is 13.0. The average molecular weight is 587 g/mol. The fourth-order valence-electron chi connectivity index (χ4n) is 5.40. The monoisotopic (exact) mass is 586 g/mol. The fraction of sp³-hybridized carbons (Fsp3) is 0.312. The number of piperazine rings is 1. The molecular formula is C32H32F2N6OS. The molecule has 0 saturated carbocycles. The minimum Gasteiger partial charge on any atom is -0.340 e. The van der Waals surface area contributed by atoms with Gasteiger partial charge in [-0.2, -0.15) is 0 Å². The van der Waals surface area contributed by atoms with Gasteiger partial charge >= 0.3 is 0 Å². The van der Waals surface area contributed by atoms with Crippen LogP contribution >= 0.6 is 11.8 Å². The molecule has 0 radical (unpaired) electrons. The van der Waals surface area contributed by atoms with Crippen LogP contribution in [0.4, 0.5) is 8.78 Å². The predicted molar refractivity (Wildman–Crippen MR) is 161 cm³/mol. The lowest BCUT2D eigenvalue weighted by Crippen LogP contribution is -2.48. The first-order chi connectivity index (χ1) is 20.5. The summed E-state index contributed by atoms with van der Waals surface area (Å²) >= 11 is 1.50. The van der Waals surface area contributed by atoms with Crippen LogP contribution in [0.1, 0.15) is 30.4 Å². The molecule has 6 rings (SSSR count). The number of thioether (sulfide) groups is 1. The summed E-state index contributed by atoms with van der Waals surface area (Å²) in [6.07, 6.45) is 2.19. The second-order valence-corrected chi connectivity index (χ2v) is 11.7. The SMILES string of the molecule is O=C(CCCCSc1nnc2c3cc(F)ccc3n(Cc3ccc(F)cc3)c2n1)N1CCN(Cc2ccccc2)CC1. The van der Waals surface area contributed by atoms with Gasteiger partial charge in [-0.1, -0.05) is 54.2 Å². The minimum atomic E-state index is -0.354. The standard InChI is InChI=1S/C32H32F2N6OS/c33-25-11-9-24(10-12-25)22-40-28-14-13-26(34)20-27(28)30-31(40)35-32(37-36-30)42-19-5-4-8-29(41)39-17-15-38(16-18-39)21-23-6-2-1-3-7-23/h1-3,6-7,9-14,20H,4-5,8,15-19,21-22H2. The number of carbonyl (C=O) groups is 1. The highest BCUT2D eigenvalue weighted by Crippen LogP contribution is 2.29. The van der Waals surface area contributed by atoms with Gasteiger partial charge in [0.2, 0.25) is 11.1 Å². The molecule has 1 aliphatic heterocycles. The van der Waals surface area contributed by atoms with Crippen molar-refractivity contribution in [2.75, 3.05) is 31.9 Å². The highest BCUT2D eigenvalue weighted by atomic mass is 32.2. The Balaban J connectivity index is 1.02. The van der Waals surface area contributed by atoms with Gasteiger partial charge in [0.1, 0.15) is 17.2 Å². The van der Waals surface area contributed by atoms with Crippen molar-refractivity contribution in [1.82, 2.24) is 29.5 Å². The summed E-state index contributed by atoms with van der Waals surface area (Å²) in [5.74, 6) is 0.329. The summed E-state index contributed by atoms with van der Waals surface area (Å²) in [5.41, 5.74) is 4.13. The zero-order valence-electron chi connectivity index (χ0n) is 23.3. The maximum atomic E-state index is 14.1. The number of hydrogen-bond donors (Lipinski definition) is 0. The molecule has 0 aliphatic carbocycles. The molecule has 0 unspecified atom stereocenters. The number of amides is 1. The van der Waals surface area contributed by atoms with Crippen LogP contribution in [0.3, 0.4) is 0 Å². The van der Waals surface area contributed by atoms with E-state index in [0.717, 1.165) is 62.4 Å². The van der Waals surface area contributed by atoms with E-state index in [4.69, 9.17) is 4.98 Å². The van der Waals surface area contributed by atoms with Gasteiger partial charge in [-0.25, -0.2) is 13.8 Å². The number of carbonyl (C=O) groups excluding carboxylic acids is 1. The number of nitrogens with zero attached hydrogens (tertiary/aromatic N) is 6. The summed E-state index contributed by atoms with van der Waals surface area (Å²) in [6.45, 7) is 4.71. The zero-order valence-corrected chi connectivity index (χ0v) is 24.1. The predicted octanol–water partition coefficient (Wildman–Crippen LogP) is 5.91. The van der Waals surface area contributed by atoms with E-state index in [9.17, 15) is 13.6 Å². The van der Waals surface area contributed by atoms with E-state index >= 15 is 0 Å². The highest BCUT2D eigenvalue weighted by molar-refractivity contribution is 7.99. The van der Waals surface area contributed by atoms with Gasteiger partial charge in [0.25, 0.3) is 0 Å². The molecule has 3 aromatic carbocycles. The molecule has 0 N–H and O–H groups in total. The molecule has 3 heterocycles. The van der Waals surface area contributed by atoms with E-state index in [0.29, 0.717) is 34.7 Å². The fourth-order valence-corrected chi connectivity index (χ4v) is 6.18. The Labute approximate surface area is 247 Å². The van der Waals surface area contributed by atoms with E-state index in [-0.39, 0.29) is 17.5 Å². The van der Waals surface area contributed by atoms with Gasteiger partial charge in [-0.3, -0.25) is 9.69 Å². The van der Waals surface area contributed by atoms with E-state index in [1.807, 2.05) is 15.5 Å². The van der Waals surface area contributed by atoms with Crippen molar-refractivity contribution in [1.29, 1.82) is 0 Å². The first kappa shape index (κ1) is 28.2. The van der Waals surface area contributed by atoms with Crippen LogP contribution in [-0.2, 0) is 17.9 Å². The third kappa shape index (κ3) is 6.60. The van der Waals surface area contributed by atoms with Crippen molar-refractivity contribution < 1.29 is 13.6 Å². The van der Waals surface area contributed by atoms with Gasteiger partial charge in [0.05, 0.1) is 5.52 Å². The molecule has 42 heavy (non-hydrogen) atoms. The molecule has 10 heteroatoms. The quantitative estimate of drug-likeness (QED) is 0.150. The lowest BCUT2D eigenvalue weighted by atomic mass is 10.2. The molecule has 1 aliphatic rings. The van der Waals surface area contributed by atoms with Crippen LogP contribution in [0.5, 0.6) is 0 Å². The van der Waals surface area contributed by atoms with Gasteiger partial charge in [0.15, 0.2) is 5.65 Å². The smallest absolute Gasteiger partial charge is 0.222 e. The lowest BCUT2D eigenvalue weighted by molar-refractivity contribution is -0.133. The topological polar surface area (TPSA) is 67.2 Å². The molecule has 1 fully saturated rings. The summed E-state index contributed by atoms with van der Waals surface area (Å²) < 4.78 is 29.5.